The van der Waals surface area contributed by atoms with Crippen LogP contribution < -0.4 is 0 Å². The first-order valence-corrected chi connectivity index (χ1v) is 31.6. The fourth-order valence-corrected chi connectivity index (χ4v) is 8.48. The molecule has 86 heavy (non-hydrogen) atoms. The number of rotatable bonds is 8. The van der Waals surface area contributed by atoms with E-state index in [0.717, 1.165) is 12.0 Å². The minimum atomic E-state index is -4.26. The van der Waals surface area contributed by atoms with Gasteiger partial charge in [-0.05, 0) is 191 Å². The second-order valence-corrected chi connectivity index (χ2v) is 32.8. The van der Waals surface area contributed by atoms with Crippen LogP contribution in [0.25, 0.3) is 0 Å². The third-order valence-electron chi connectivity index (χ3n) is 12.8. The quantitative estimate of drug-likeness (QED) is 0.151. The minimum Gasteiger partial charge on any atom is -0.371 e. The number of aryl methyl sites for hydroxylation is 3. The van der Waals surface area contributed by atoms with Crippen LogP contribution >= 0.6 is 0 Å². The number of ether oxygens (including phenoxy) is 2. The molecule has 0 atom stereocenters. The summed E-state index contributed by atoms with van der Waals surface area (Å²) in [6.45, 7) is 60.8. The Bertz CT molecular complexity index is 2530. The molecule has 0 radical (unpaired) electrons. The number of alkyl halides is 3. The number of hydrogen-bond acceptors (Lipinski definition) is 2. The Labute approximate surface area is 528 Å². The number of benzene rings is 6. The molecule has 6 aromatic carbocycles. The lowest BCUT2D eigenvalue weighted by Gasteiger charge is -2.30. The highest BCUT2D eigenvalue weighted by Gasteiger charge is 2.32. The smallest absolute Gasteiger partial charge is 0.371 e. The van der Waals surface area contributed by atoms with Crippen LogP contribution in [-0.2, 0) is 57.8 Å². The average molecular weight is 1190 g/mol. The molecule has 0 aliphatic carbocycles. The molecule has 2 nitrogen and oxygen atoms in total. The fraction of sp³-hybridized carbons (Fsp3) is 0.556. The van der Waals surface area contributed by atoms with E-state index in [2.05, 4.69) is 294 Å². The molecule has 0 aromatic heterocycles. The highest BCUT2D eigenvalue weighted by atomic mass is 19.4. The van der Waals surface area contributed by atoms with Crippen LogP contribution in [0.4, 0.5) is 13.2 Å². The predicted octanol–water partition coefficient (Wildman–Crippen LogP) is 25.2. The lowest BCUT2D eigenvalue weighted by Crippen LogP contribution is -2.31. The van der Waals surface area contributed by atoms with Crippen molar-refractivity contribution in [2.24, 2.45) is 16.2 Å². The van der Waals surface area contributed by atoms with Gasteiger partial charge in [0, 0.05) is 0 Å². The summed E-state index contributed by atoms with van der Waals surface area (Å²) in [4.78, 5) is 0. The highest BCUT2D eigenvalue weighted by molar-refractivity contribution is 5.35. The maximum Gasteiger partial charge on any atom is 0.416 e. The summed E-state index contributed by atoms with van der Waals surface area (Å²) in [7, 11) is 0. The maximum atomic E-state index is 12.5. The summed E-state index contributed by atoms with van der Waals surface area (Å²) in [5.74, 6) is 0. The normalized spacial score (nSPS) is 12.3. The van der Waals surface area contributed by atoms with Crippen molar-refractivity contribution in [2.45, 2.75) is 278 Å². The van der Waals surface area contributed by atoms with Crippen LogP contribution in [0, 0.1) is 23.2 Å². The van der Waals surface area contributed by atoms with Crippen molar-refractivity contribution in [3.05, 3.63) is 214 Å². The first kappa shape index (κ1) is 81.0. The third-order valence-corrected chi connectivity index (χ3v) is 12.8. The van der Waals surface area contributed by atoms with Crippen LogP contribution in [0.15, 0.2) is 164 Å². The molecule has 0 N–H and O–H groups in total. The minimum absolute atomic E-state index is 0.0156. The van der Waals surface area contributed by atoms with E-state index in [0.29, 0.717) is 28.4 Å². The Hall–Kier alpha value is -4.97. The molecular weight excluding hydrogens is 1060 g/mol. The molecule has 0 saturated carbocycles. The van der Waals surface area contributed by atoms with Gasteiger partial charge >= 0.3 is 6.18 Å². The van der Waals surface area contributed by atoms with Gasteiger partial charge < -0.3 is 9.47 Å². The Morgan fingerprint density at radius 1 is 0.314 bits per heavy atom. The maximum absolute atomic E-state index is 12.5. The second kappa shape index (κ2) is 35.9. The zero-order valence-electron chi connectivity index (χ0n) is 60.0. The van der Waals surface area contributed by atoms with Gasteiger partial charge in [-0.3, -0.25) is 0 Å². The molecule has 0 saturated heterocycles. The molecule has 0 aliphatic rings. The molecule has 6 aromatic rings. The van der Waals surface area contributed by atoms with E-state index in [1.165, 1.54) is 77.6 Å². The standard InChI is InChI=1S/C14H22.C13H20.C12H15F3.C12H18.C11H16O.C11H16.C8H18O/c1-13(2,3)11-7-9-12(10-8-11)14(4,5)6;1-13(2,3)11-7-10-12-8-5-4-6-9-12;1-8-5-9(11(2,3)4)7-10(6-8)12(13,14)15;1-12(2,3)10-9-11-7-5-4-6-8-11;1-11(2,3)12-9-10-7-5-4-6-8-10;1-11(2,3)9-10-7-5-4-6-8-10;1-7(2,3)9-8(4,5)6/h7-10H,1-6H3;4-6,8-9H,7,10-11H2,1-3H3;5-7H,1-4H3;4-8H,9-10H2,1-3H3;4-8H,9H2,1-3H3;4-8H,9H2,1-3H3;1-6H3. The monoisotopic (exact) mass is 1190 g/mol. The largest absolute Gasteiger partial charge is 0.416 e. The lowest BCUT2D eigenvalue weighted by molar-refractivity contribution is -0.137. The number of hydrogen-bond donors (Lipinski definition) is 0. The molecule has 0 aliphatic heterocycles. The third kappa shape index (κ3) is 45.3. The van der Waals surface area contributed by atoms with E-state index in [1.807, 2.05) is 39.0 Å². The average Bonchev–Trinajstić information content (AvgIpc) is 2.62. The topological polar surface area (TPSA) is 18.5 Å². The molecule has 0 unspecified atom stereocenters. The lowest BCUT2D eigenvalue weighted by atomic mass is 9.82. The van der Waals surface area contributed by atoms with Crippen LogP contribution in [0.1, 0.15) is 256 Å². The van der Waals surface area contributed by atoms with E-state index in [9.17, 15) is 13.2 Å². The van der Waals surface area contributed by atoms with E-state index >= 15 is 0 Å². The SMILES string of the molecule is CC(C)(C)CCCc1ccccc1.CC(C)(C)CCc1ccccc1.CC(C)(C)Cc1ccccc1.CC(C)(C)OC(C)(C)C.CC(C)(C)OCc1ccccc1.CC(C)(C)c1ccc(C(C)(C)C)cc1.Cc1cc(C(C)(C)C)cc(C(F)(F)F)c1. The summed E-state index contributed by atoms with van der Waals surface area (Å²) >= 11 is 0. The van der Waals surface area contributed by atoms with Crippen LogP contribution in [0.2, 0.25) is 0 Å². The zero-order chi connectivity index (χ0) is 66.7. The van der Waals surface area contributed by atoms with Crippen molar-refractivity contribution in [1.29, 1.82) is 0 Å². The molecule has 0 bridgehead atoms. The van der Waals surface area contributed by atoms with E-state index in [1.54, 1.807) is 13.0 Å². The van der Waals surface area contributed by atoms with Crippen LogP contribution in [0.5, 0.6) is 0 Å². The second-order valence-electron chi connectivity index (χ2n) is 32.8. The van der Waals surface area contributed by atoms with Crippen molar-refractivity contribution in [3.8, 4) is 0 Å². The predicted molar refractivity (Wildman–Crippen MR) is 373 cm³/mol. The van der Waals surface area contributed by atoms with Gasteiger partial charge in [-0.25, -0.2) is 0 Å². The summed E-state index contributed by atoms with van der Waals surface area (Å²) in [5.41, 5.74) is 10.7. The summed E-state index contributed by atoms with van der Waals surface area (Å²) in [5, 5.41) is 0. The molecule has 0 fully saturated rings. The van der Waals surface area contributed by atoms with Gasteiger partial charge in [-0.15, -0.1) is 0 Å². The first-order chi connectivity index (χ1) is 38.8. The van der Waals surface area contributed by atoms with Gasteiger partial charge in [-0.2, -0.15) is 13.2 Å². The fourth-order valence-electron chi connectivity index (χ4n) is 8.48. The first-order valence-electron chi connectivity index (χ1n) is 31.6. The molecular formula is C81H125F3O2. The molecule has 0 heterocycles. The van der Waals surface area contributed by atoms with Gasteiger partial charge in [0.1, 0.15) is 0 Å². The van der Waals surface area contributed by atoms with Gasteiger partial charge in [0.25, 0.3) is 0 Å². The summed E-state index contributed by atoms with van der Waals surface area (Å²) < 4.78 is 48.8. The molecule has 0 spiro atoms. The van der Waals surface area contributed by atoms with E-state index < -0.39 is 11.7 Å². The van der Waals surface area contributed by atoms with Gasteiger partial charge in [0.05, 0.1) is 29.0 Å². The van der Waals surface area contributed by atoms with Gasteiger partial charge in [-0.1, -0.05) is 282 Å². The summed E-state index contributed by atoms with van der Waals surface area (Å²) in [6.07, 6.45) is 3.19. The Morgan fingerprint density at radius 2 is 0.640 bits per heavy atom. The zero-order valence-corrected chi connectivity index (χ0v) is 60.0. The van der Waals surface area contributed by atoms with Gasteiger partial charge in [0.2, 0.25) is 0 Å². The highest BCUT2D eigenvalue weighted by Crippen LogP contribution is 2.34. The molecule has 6 rings (SSSR count). The Kier molecular flexibility index (Phi) is 33.8. The van der Waals surface area contributed by atoms with E-state index in [-0.39, 0.29) is 33.0 Å². The molecule has 0 amide bonds. The van der Waals surface area contributed by atoms with Crippen LogP contribution in [0.3, 0.4) is 0 Å². The molecule has 5 heteroatoms. The Morgan fingerprint density at radius 3 is 0.930 bits per heavy atom. The van der Waals surface area contributed by atoms with Crippen molar-refractivity contribution < 1.29 is 22.6 Å². The van der Waals surface area contributed by atoms with Crippen LogP contribution in [-0.4, -0.2) is 16.8 Å². The van der Waals surface area contributed by atoms with Crippen molar-refractivity contribution in [3.63, 3.8) is 0 Å². The number of halogens is 3. The van der Waals surface area contributed by atoms with Crippen molar-refractivity contribution in [1.82, 2.24) is 0 Å². The van der Waals surface area contributed by atoms with Crippen molar-refractivity contribution >= 4 is 0 Å². The van der Waals surface area contributed by atoms with Gasteiger partial charge in [0.15, 0.2) is 0 Å². The summed E-state index contributed by atoms with van der Waals surface area (Å²) in [6, 6.07) is 55.5. The Balaban J connectivity index is 0.000000985. The van der Waals surface area contributed by atoms with Crippen molar-refractivity contribution in [2.75, 3.05) is 0 Å². The van der Waals surface area contributed by atoms with E-state index in [4.69, 9.17) is 9.47 Å². The molecule has 482 valence electrons.